The number of hydrogen-bond acceptors (Lipinski definition) is 3. The Morgan fingerprint density at radius 3 is 2.62 bits per heavy atom. The number of anilines is 1. The van der Waals surface area contributed by atoms with Crippen LogP contribution in [0.2, 0.25) is 0 Å². The SMILES string of the molecule is CCOC(=O)c1ccccc1NC(=O)[C@@H]1C[C@H](C)CC[C@H]1C(C)C. The minimum absolute atomic E-state index is 0.00371. The molecule has 3 atom stereocenters. The van der Waals surface area contributed by atoms with E-state index in [1.54, 1.807) is 25.1 Å². The van der Waals surface area contributed by atoms with Crippen molar-refractivity contribution in [2.45, 2.75) is 47.0 Å². The zero-order chi connectivity index (χ0) is 17.7. The van der Waals surface area contributed by atoms with E-state index in [-0.39, 0.29) is 11.8 Å². The van der Waals surface area contributed by atoms with E-state index < -0.39 is 5.97 Å². The van der Waals surface area contributed by atoms with E-state index in [1.807, 2.05) is 6.07 Å². The van der Waals surface area contributed by atoms with Crippen LogP contribution in [0.5, 0.6) is 0 Å². The molecule has 1 amide bonds. The molecule has 4 nitrogen and oxygen atoms in total. The highest BCUT2D eigenvalue weighted by atomic mass is 16.5. The van der Waals surface area contributed by atoms with Crippen molar-refractivity contribution < 1.29 is 14.3 Å². The van der Waals surface area contributed by atoms with E-state index in [0.29, 0.717) is 35.6 Å². The monoisotopic (exact) mass is 331 g/mol. The lowest BCUT2D eigenvalue weighted by atomic mass is 9.70. The first kappa shape index (κ1) is 18.5. The fraction of sp³-hybridized carbons (Fsp3) is 0.600. The van der Waals surface area contributed by atoms with Crippen molar-refractivity contribution in [1.82, 2.24) is 0 Å². The summed E-state index contributed by atoms with van der Waals surface area (Å²) in [6.45, 7) is 8.68. The van der Waals surface area contributed by atoms with Gasteiger partial charge < -0.3 is 10.1 Å². The molecule has 0 aliphatic heterocycles. The third-order valence-corrected chi connectivity index (χ3v) is 5.04. The van der Waals surface area contributed by atoms with Gasteiger partial charge in [0.2, 0.25) is 5.91 Å². The predicted octanol–water partition coefficient (Wildman–Crippen LogP) is 4.51. The van der Waals surface area contributed by atoms with Crippen LogP contribution in [0.1, 0.15) is 57.3 Å². The van der Waals surface area contributed by atoms with Crippen LogP contribution in [0.3, 0.4) is 0 Å². The topological polar surface area (TPSA) is 55.4 Å². The first-order chi connectivity index (χ1) is 11.4. The minimum Gasteiger partial charge on any atom is -0.462 e. The number of nitrogens with one attached hydrogen (secondary N) is 1. The van der Waals surface area contributed by atoms with E-state index in [9.17, 15) is 9.59 Å². The summed E-state index contributed by atoms with van der Waals surface area (Å²) in [6, 6.07) is 7.06. The van der Waals surface area contributed by atoms with Crippen molar-refractivity contribution in [1.29, 1.82) is 0 Å². The molecular weight excluding hydrogens is 302 g/mol. The van der Waals surface area contributed by atoms with Gasteiger partial charge in [0.1, 0.15) is 0 Å². The summed E-state index contributed by atoms with van der Waals surface area (Å²) in [7, 11) is 0. The Hall–Kier alpha value is -1.84. The fourth-order valence-electron chi connectivity index (χ4n) is 3.71. The Morgan fingerprint density at radius 1 is 1.25 bits per heavy atom. The first-order valence-corrected chi connectivity index (χ1v) is 9.01. The van der Waals surface area contributed by atoms with Gasteiger partial charge in [-0.3, -0.25) is 4.79 Å². The van der Waals surface area contributed by atoms with Gasteiger partial charge in [-0.2, -0.15) is 0 Å². The van der Waals surface area contributed by atoms with E-state index in [0.717, 1.165) is 12.8 Å². The highest BCUT2D eigenvalue weighted by molar-refractivity contribution is 6.02. The summed E-state index contributed by atoms with van der Waals surface area (Å²) in [6.07, 6.45) is 3.19. The summed E-state index contributed by atoms with van der Waals surface area (Å²) in [5, 5.41) is 2.99. The molecule has 4 heteroatoms. The van der Waals surface area contributed by atoms with E-state index in [2.05, 4.69) is 26.1 Å². The molecule has 1 aliphatic rings. The number of para-hydroxylation sites is 1. The van der Waals surface area contributed by atoms with E-state index >= 15 is 0 Å². The second kappa shape index (κ2) is 8.32. The highest BCUT2D eigenvalue weighted by Crippen LogP contribution is 2.38. The maximum absolute atomic E-state index is 12.9. The molecule has 1 aromatic rings. The molecule has 24 heavy (non-hydrogen) atoms. The average molecular weight is 331 g/mol. The van der Waals surface area contributed by atoms with Crippen molar-refractivity contribution in [3.05, 3.63) is 29.8 Å². The zero-order valence-corrected chi connectivity index (χ0v) is 15.2. The number of hydrogen-bond donors (Lipinski definition) is 1. The van der Waals surface area contributed by atoms with Crippen molar-refractivity contribution in [2.75, 3.05) is 11.9 Å². The van der Waals surface area contributed by atoms with Crippen LogP contribution in [-0.2, 0) is 9.53 Å². The Bertz CT molecular complexity index is 582. The third kappa shape index (κ3) is 4.37. The summed E-state index contributed by atoms with van der Waals surface area (Å²) in [5.41, 5.74) is 0.958. The average Bonchev–Trinajstić information content (AvgIpc) is 2.55. The molecule has 2 rings (SSSR count). The van der Waals surface area contributed by atoms with E-state index in [1.165, 1.54) is 6.42 Å². The molecule has 0 heterocycles. The number of carbonyl (C=O) groups excluding carboxylic acids is 2. The Balaban J connectivity index is 2.18. The lowest BCUT2D eigenvalue weighted by Gasteiger charge is -2.36. The summed E-state index contributed by atoms with van der Waals surface area (Å²) >= 11 is 0. The predicted molar refractivity (Wildman–Crippen MR) is 95.9 cm³/mol. The Kier molecular flexibility index (Phi) is 6.41. The van der Waals surface area contributed by atoms with Gasteiger partial charge in [0.15, 0.2) is 0 Å². The molecule has 1 aromatic carbocycles. The van der Waals surface area contributed by atoms with Crippen molar-refractivity contribution in [2.24, 2.45) is 23.7 Å². The van der Waals surface area contributed by atoms with Gasteiger partial charge in [0, 0.05) is 5.92 Å². The van der Waals surface area contributed by atoms with Gasteiger partial charge in [-0.15, -0.1) is 0 Å². The van der Waals surface area contributed by atoms with Crippen molar-refractivity contribution in [3.8, 4) is 0 Å². The number of esters is 1. The molecule has 1 N–H and O–H groups in total. The lowest BCUT2D eigenvalue weighted by molar-refractivity contribution is -0.123. The number of rotatable bonds is 5. The summed E-state index contributed by atoms with van der Waals surface area (Å²) in [4.78, 5) is 25.0. The van der Waals surface area contributed by atoms with Gasteiger partial charge in [-0.05, 0) is 49.7 Å². The van der Waals surface area contributed by atoms with Crippen molar-refractivity contribution in [3.63, 3.8) is 0 Å². The third-order valence-electron chi connectivity index (χ3n) is 5.04. The van der Waals surface area contributed by atoms with Gasteiger partial charge in [-0.25, -0.2) is 4.79 Å². The van der Waals surface area contributed by atoms with Crippen LogP contribution >= 0.6 is 0 Å². The van der Waals surface area contributed by atoms with Gasteiger partial charge in [0.25, 0.3) is 0 Å². The van der Waals surface area contributed by atoms with E-state index in [4.69, 9.17) is 4.74 Å². The lowest BCUT2D eigenvalue weighted by Crippen LogP contribution is -2.36. The van der Waals surface area contributed by atoms with Gasteiger partial charge >= 0.3 is 5.97 Å². The Labute approximate surface area is 145 Å². The number of ether oxygens (including phenoxy) is 1. The van der Waals surface area contributed by atoms with Gasteiger partial charge in [-0.1, -0.05) is 39.3 Å². The smallest absolute Gasteiger partial charge is 0.340 e. The molecule has 0 spiro atoms. The molecule has 0 bridgehead atoms. The Morgan fingerprint density at radius 2 is 1.96 bits per heavy atom. The van der Waals surface area contributed by atoms with Crippen LogP contribution in [0, 0.1) is 23.7 Å². The molecule has 1 fully saturated rings. The second-order valence-electron chi connectivity index (χ2n) is 7.19. The van der Waals surface area contributed by atoms with Crippen LogP contribution in [0.15, 0.2) is 24.3 Å². The van der Waals surface area contributed by atoms with Crippen LogP contribution in [-0.4, -0.2) is 18.5 Å². The molecule has 1 saturated carbocycles. The van der Waals surface area contributed by atoms with Crippen LogP contribution in [0.25, 0.3) is 0 Å². The summed E-state index contributed by atoms with van der Waals surface area (Å²) in [5.74, 6) is 1.08. The van der Waals surface area contributed by atoms with Gasteiger partial charge in [0.05, 0.1) is 17.9 Å². The van der Waals surface area contributed by atoms with Crippen molar-refractivity contribution >= 4 is 17.6 Å². The number of amides is 1. The largest absolute Gasteiger partial charge is 0.462 e. The molecule has 132 valence electrons. The normalized spacial score (nSPS) is 23.8. The fourth-order valence-corrected chi connectivity index (χ4v) is 3.71. The van der Waals surface area contributed by atoms with Crippen LogP contribution in [0.4, 0.5) is 5.69 Å². The van der Waals surface area contributed by atoms with Crippen LogP contribution < -0.4 is 5.32 Å². The number of carbonyl (C=O) groups is 2. The maximum atomic E-state index is 12.9. The molecule has 0 unspecified atom stereocenters. The highest BCUT2D eigenvalue weighted by Gasteiger charge is 2.35. The molecule has 1 aliphatic carbocycles. The standard InChI is InChI=1S/C20H29NO3/c1-5-24-20(23)16-8-6-7-9-18(16)21-19(22)17-12-14(4)10-11-15(17)13(2)3/h6-9,13-15,17H,5,10-12H2,1-4H3,(H,21,22)/t14-,15+,17-/m1/s1. The first-order valence-electron chi connectivity index (χ1n) is 9.01. The number of benzene rings is 1. The quantitative estimate of drug-likeness (QED) is 0.808. The molecule has 0 saturated heterocycles. The molecular formula is C20H29NO3. The minimum atomic E-state index is -0.397. The zero-order valence-electron chi connectivity index (χ0n) is 15.2. The summed E-state index contributed by atoms with van der Waals surface area (Å²) < 4.78 is 5.08. The second-order valence-corrected chi connectivity index (χ2v) is 7.19. The maximum Gasteiger partial charge on any atom is 0.340 e. The molecule has 0 aromatic heterocycles. The molecule has 0 radical (unpaired) electrons.